The summed E-state index contributed by atoms with van der Waals surface area (Å²) in [5.74, 6) is -0.0963. The number of hydrogen-bond donors (Lipinski definition) is 2. The molecule has 1 atom stereocenters. The van der Waals surface area contributed by atoms with Gasteiger partial charge in [0.05, 0.1) is 32.9 Å². The van der Waals surface area contributed by atoms with Crippen molar-refractivity contribution in [3.8, 4) is 17.2 Å². The lowest BCUT2D eigenvalue weighted by molar-refractivity contribution is -0.139. The molecule has 9 heteroatoms. The number of fused-ring (bicyclic) bond motifs is 1. The van der Waals surface area contributed by atoms with E-state index in [2.05, 4.69) is 4.98 Å². The van der Waals surface area contributed by atoms with Gasteiger partial charge in [-0.15, -0.1) is 0 Å². The van der Waals surface area contributed by atoms with Gasteiger partial charge in [0, 0.05) is 39.8 Å². The van der Waals surface area contributed by atoms with Crippen LogP contribution in [0.15, 0.2) is 72.4 Å². The Hall–Kier alpha value is -4.43. The molecule has 0 radical (unpaired) electrons. The average molecular weight is 547 g/mol. The number of halogens is 1. The number of methoxy groups -OCH3 is 3. The van der Waals surface area contributed by atoms with Gasteiger partial charge in [-0.1, -0.05) is 11.6 Å². The number of aromatic nitrogens is 1. The number of nitrogens with zero attached hydrogens (tertiary/aromatic N) is 1. The number of nitrogens with one attached hydrogen (secondary N) is 1. The molecule has 2 N–H and O–H groups in total. The maximum absolute atomic E-state index is 13.5. The second kappa shape index (κ2) is 10.7. The summed E-state index contributed by atoms with van der Waals surface area (Å²) in [5.41, 5.74) is 2.75. The lowest BCUT2D eigenvalue weighted by Gasteiger charge is -2.27. The van der Waals surface area contributed by atoms with E-state index in [9.17, 15) is 14.7 Å². The van der Waals surface area contributed by atoms with Gasteiger partial charge >= 0.3 is 0 Å². The molecular weight excluding hydrogens is 520 g/mol. The highest BCUT2D eigenvalue weighted by molar-refractivity contribution is 6.46. The Balaban J connectivity index is 1.61. The van der Waals surface area contributed by atoms with Crippen LogP contribution in [-0.4, -0.2) is 54.6 Å². The van der Waals surface area contributed by atoms with E-state index in [-0.39, 0.29) is 17.9 Å². The van der Waals surface area contributed by atoms with Crippen molar-refractivity contribution in [1.29, 1.82) is 0 Å². The standard InChI is InChI=1S/C30H27ClN2O6/c1-37-20-8-10-24-22(14-20)18(16-32-24)12-13-33-27(23-15-21(38-2)9-11-25(23)39-3)26(29(35)30(33)36)28(34)17-4-6-19(31)7-5-17/h4-11,14-16,27,32,34H,12-13H2,1-3H3/t27-/m1/s1. The molecule has 3 aromatic carbocycles. The van der Waals surface area contributed by atoms with E-state index in [4.69, 9.17) is 25.8 Å². The number of ketones is 1. The summed E-state index contributed by atoms with van der Waals surface area (Å²) in [4.78, 5) is 31.7. The zero-order chi connectivity index (χ0) is 27.7. The largest absolute Gasteiger partial charge is 0.507 e. The highest BCUT2D eigenvalue weighted by Gasteiger charge is 2.47. The first-order valence-corrected chi connectivity index (χ1v) is 12.6. The number of likely N-dealkylation sites (tertiary alicyclic amines) is 1. The molecule has 200 valence electrons. The average Bonchev–Trinajstić information content (AvgIpc) is 3.48. The van der Waals surface area contributed by atoms with E-state index >= 15 is 0 Å². The quantitative estimate of drug-likeness (QED) is 0.172. The smallest absolute Gasteiger partial charge is 0.295 e. The summed E-state index contributed by atoms with van der Waals surface area (Å²) < 4.78 is 16.4. The Morgan fingerprint density at radius 3 is 2.33 bits per heavy atom. The number of hydrogen-bond acceptors (Lipinski definition) is 6. The molecule has 1 aliphatic heterocycles. The Morgan fingerprint density at radius 1 is 0.949 bits per heavy atom. The highest BCUT2D eigenvalue weighted by Crippen LogP contribution is 2.44. The summed E-state index contributed by atoms with van der Waals surface area (Å²) in [6, 6.07) is 16.4. The minimum atomic E-state index is -0.912. The predicted octanol–water partition coefficient (Wildman–Crippen LogP) is 5.51. The lowest BCUT2D eigenvalue weighted by Crippen LogP contribution is -2.31. The molecule has 0 unspecified atom stereocenters. The normalized spacial score (nSPS) is 16.6. The van der Waals surface area contributed by atoms with Gasteiger partial charge in [0.15, 0.2) is 0 Å². The van der Waals surface area contributed by atoms with E-state index in [0.29, 0.717) is 39.8 Å². The molecule has 1 saturated heterocycles. The SMILES string of the molecule is COc1ccc(OC)c([C@@H]2C(=C(O)c3ccc(Cl)cc3)C(=O)C(=O)N2CCc2c[nH]c3ccc(OC)cc23)c1. The number of amides is 1. The second-order valence-electron chi connectivity index (χ2n) is 9.08. The number of Topliss-reactive ketones (excluding diaryl/α,β-unsaturated/α-hetero) is 1. The number of carbonyl (C=O) groups is 2. The van der Waals surface area contributed by atoms with Crippen molar-refractivity contribution in [2.75, 3.05) is 27.9 Å². The Kier molecular flexibility index (Phi) is 7.21. The van der Waals surface area contributed by atoms with E-state index < -0.39 is 17.7 Å². The third kappa shape index (κ3) is 4.79. The summed E-state index contributed by atoms with van der Waals surface area (Å²) in [5, 5.41) is 12.8. The van der Waals surface area contributed by atoms with Crippen LogP contribution in [0, 0.1) is 0 Å². The maximum Gasteiger partial charge on any atom is 0.295 e. The fraction of sp³-hybridized carbons (Fsp3) is 0.200. The first-order valence-electron chi connectivity index (χ1n) is 12.3. The highest BCUT2D eigenvalue weighted by atomic mass is 35.5. The molecule has 0 bridgehead atoms. The molecule has 8 nitrogen and oxygen atoms in total. The fourth-order valence-electron chi connectivity index (χ4n) is 4.98. The second-order valence-corrected chi connectivity index (χ2v) is 9.52. The molecule has 0 aliphatic carbocycles. The third-order valence-corrected chi connectivity index (χ3v) is 7.24. The van der Waals surface area contributed by atoms with Crippen molar-refractivity contribution in [3.05, 3.63) is 94.1 Å². The Bertz CT molecular complexity index is 1590. The van der Waals surface area contributed by atoms with Crippen molar-refractivity contribution >= 4 is 40.0 Å². The van der Waals surface area contributed by atoms with Crippen LogP contribution < -0.4 is 14.2 Å². The number of aliphatic hydroxyl groups excluding tert-OH is 1. The van der Waals surface area contributed by atoms with E-state index in [1.54, 1.807) is 49.6 Å². The summed E-state index contributed by atoms with van der Waals surface area (Å²) in [6.45, 7) is 0.206. The monoisotopic (exact) mass is 546 g/mol. The van der Waals surface area contributed by atoms with E-state index in [1.165, 1.54) is 19.1 Å². The molecule has 0 saturated carbocycles. The predicted molar refractivity (Wildman–Crippen MR) is 149 cm³/mol. The first kappa shape index (κ1) is 26.2. The molecule has 4 aromatic rings. The number of ether oxygens (including phenoxy) is 3. The van der Waals surface area contributed by atoms with Gasteiger partial charge in [-0.2, -0.15) is 0 Å². The van der Waals surface area contributed by atoms with Crippen LogP contribution in [0.1, 0.15) is 22.7 Å². The molecule has 1 fully saturated rings. The molecule has 2 heterocycles. The van der Waals surface area contributed by atoms with Crippen molar-refractivity contribution < 1.29 is 28.9 Å². The number of aliphatic hydroxyl groups is 1. The summed E-state index contributed by atoms with van der Waals surface area (Å²) in [7, 11) is 4.65. The van der Waals surface area contributed by atoms with Gasteiger partial charge in [0.2, 0.25) is 0 Å². The number of rotatable bonds is 8. The Morgan fingerprint density at radius 2 is 1.64 bits per heavy atom. The number of benzene rings is 3. The van der Waals surface area contributed by atoms with Crippen LogP contribution in [0.3, 0.4) is 0 Å². The van der Waals surface area contributed by atoms with Gasteiger partial charge in [-0.05, 0) is 72.6 Å². The Labute approximate surface area is 230 Å². The minimum Gasteiger partial charge on any atom is -0.507 e. The zero-order valence-electron chi connectivity index (χ0n) is 21.7. The van der Waals surface area contributed by atoms with Crippen LogP contribution in [0.4, 0.5) is 0 Å². The maximum atomic E-state index is 13.5. The zero-order valence-corrected chi connectivity index (χ0v) is 22.4. The molecule has 1 amide bonds. The first-order chi connectivity index (χ1) is 18.9. The van der Waals surface area contributed by atoms with Crippen LogP contribution in [0.2, 0.25) is 5.02 Å². The topological polar surface area (TPSA) is 101 Å². The van der Waals surface area contributed by atoms with Gasteiger partial charge < -0.3 is 29.2 Å². The van der Waals surface area contributed by atoms with E-state index in [1.807, 2.05) is 24.4 Å². The molecule has 1 aromatic heterocycles. The summed E-state index contributed by atoms with van der Waals surface area (Å²) in [6.07, 6.45) is 2.33. The fourth-order valence-corrected chi connectivity index (χ4v) is 5.11. The number of aromatic amines is 1. The van der Waals surface area contributed by atoms with Gasteiger partial charge in [0.1, 0.15) is 23.0 Å². The van der Waals surface area contributed by atoms with Crippen molar-refractivity contribution in [2.24, 2.45) is 0 Å². The van der Waals surface area contributed by atoms with Crippen molar-refractivity contribution in [1.82, 2.24) is 9.88 Å². The molecule has 5 rings (SSSR count). The van der Waals surface area contributed by atoms with Crippen LogP contribution in [0.5, 0.6) is 17.2 Å². The van der Waals surface area contributed by atoms with Gasteiger partial charge in [-0.25, -0.2) is 0 Å². The van der Waals surface area contributed by atoms with E-state index in [0.717, 1.165) is 16.5 Å². The number of H-pyrrole nitrogens is 1. The van der Waals surface area contributed by atoms with Crippen molar-refractivity contribution in [3.63, 3.8) is 0 Å². The van der Waals surface area contributed by atoms with Crippen LogP contribution in [0.25, 0.3) is 16.7 Å². The van der Waals surface area contributed by atoms with Crippen molar-refractivity contribution in [2.45, 2.75) is 12.5 Å². The molecule has 0 spiro atoms. The lowest BCUT2D eigenvalue weighted by atomic mass is 9.94. The minimum absolute atomic E-state index is 0.0329. The van der Waals surface area contributed by atoms with Gasteiger partial charge in [-0.3, -0.25) is 9.59 Å². The van der Waals surface area contributed by atoms with Gasteiger partial charge in [0.25, 0.3) is 11.7 Å². The summed E-state index contributed by atoms with van der Waals surface area (Å²) >= 11 is 6.03. The molecular formula is C30H27ClN2O6. The van der Waals surface area contributed by atoms with Crippen LogP contribution in [-0.2, 0) is 16.0 Å². The third-order valence-electron chi connectivity index (χ3n) is 6.99. The van der Waals surface area contributed by atoms with Crippen LogP contribution >= 0.6 is 11.6 Å². The molecule has 1 aliphatic rings. The molecule has 39 heavy (non-hydrogen) atoms. The number of carbonyl (C=O) groups excluding carboxylic acids is 2.